The summed E-state index contributed by atoms with van der Waals surface area (Å²) in [6.45, 7) is -0.314. The number of aromatic nitrogens is 2. The van der Waals surface area contributed by atoms with Gasteiger partial charge in [-0.25, -0.2) is 0 Å². The number of amides is 2. The number of alkyl halides is 5. The Labute approximate surface area is 201 Å². The zero-order chi connectivity index (χ0) is 24.8. The number of carbonyl (C=O) groups excluding carboxylic acids is 2. The van der Waals surface area contributed by atoms with Gasteiger partial charge in [-0.3, -0.25) is 14.3 Å². The first-order valence-electron chi connectivity index (χ1n) is 10.4. The van der Waals surface area contributed by atoms with E-state index in [1.54, 1.807) is 5.32 Å². The lowest BCUT2D eigenvalue weighted by Crippen LogP contribution is -2.40. The smallest absolute Gasteiger partial charge is 0.348 e. The topological polar surface area (TPSA) is 67.2 Å². The summed E-state index contributed by atoms with van der Waals surface area (Å²) in [7, 11) is 0. The minimum Gasteiger partial charge on any atom is -0.348 e. The van der Waals surface area contributed by atoms with Crippen molar-refractivity contribution in [3.63, 3.8) is 0 Å². The van der Waals surface area contributed by atoms with Crippen molar-refractivity contribution < 1.29 is 31.5 Å². The minimum absolute atomic E-state index is 0.0726. The maximum Gasteiger partial charge on any atom is 0.471 e. The molecule has 1 aromatic carbocycles. The van der Waals surface area contributed by atoms with Crippen LogP contribution in [0.1, 0.15) is 40.2 Å². The molecule has 2 aliphatic rings. The molecule has 1 atom stereocenters. The molecule has 0 aliphatic carbocycles. The molecule has 0 fully saturated rings. The summed E-state index contributed by atoms with van der Waals surface area (Å²) in [5, 5.41) is 6.53. The maximum absolute atomic E-state index is 15.1. The second-order valence-electron chi connectivity index (χ2n) is 8.38. The predicted molar refractivity (Wildman–Crippen MR) is 113 cm³/mol. The number of rotatable bonds is 3. The summed E-state index contributed by atoms with van der Waals surface area (Å²) in [5.41, 5.74) is 0.597. The van der Waals surface area contributed by atoms with Crippen LogP contribution >= 0.6 is 23.2 Å². The standard InChI is InChI=1S/C21H19Cl2F5N4O2/c22-14-2-1-12(7-15(14)23)18(33)31-6-4-16-13(10-31)17-20(24,25)5-3-11(9-32(17)30-16)8-29-19(34)21(26,27)28/h1-2,7,11H,3-6,8-10H2,(H,29,34). The Hall–Kier alpha value is -2.40. The van der Waals surface area contributed by atoms with E-state index < -0.39 is 42.8 Å². The van der Waals surface area contributed by atoms with Crippen LogP contribution in [0.25, 0.3) is 0 Å². The summed E-state index contributed by atoms with van der Waals surface area (Å²) in [6, 6.07) is 4.39. The number of halogens is 7. The molecule has 3 heterocycles. The molecule has 13 heteroatoms. The Balaban J connectivity index is 1.56. The second kappa shape index (κ2) is 8.99. The lowest BCUT2D eigenvalue weighted by Gasteiger charge is -2.28. The highest BCUT2D eigenvalue weighted by Gasteiger charge is 2.44. The summed E-state index contributed by atoms with van der Waals surface area (Å²) in [6.07, 6.45) is -5.52. The highest BCUT2D eigenvalue weighted by Crippen LogP contribution is 2.42. The first kappa shape index (κ1) is 24.7. The number of hydrogen-bond donors (Lipinski definition) is 1. The van der Waals surface area contributed by atoms with Crippen molar-refractivity contribution >= 4 is 35.0 Å². The van der Waals surface area contributed by atoms with Gasteiger partial charge in [0.2, 0.25) is 0 Å². The van der Waals surface area contributed by atoms with Crippen molar-refractivity contribution in [1.29, 1.82) is 0 Å². The number of fused-ring (bicyclic) bond motifs is 3. The average Bonchev–Trinajstić information content (AvgIpc) is 3.08. The molecule has 184 valence electrons. The predicted octanol–water partition coefficient (Wildman–Crippen LogP) is 4.57. The highest BCUT2D eigenvalue weighted by atomic mass is 35.5. The quantitative estimate of drug-likeness (QED) is 0.598. The summed E-state index contributed by atoms with van der Waals surface area (Å²) >= 11 is 11.9. The fourth-order valence-corrected chi connectivity index (χ4v) is 4.59. The van der Waals surface area contributed by atoms with Gasteiger partial charge in [0.05, 0.1) is 15.7 Å². The Kier molecular flexibility index (Phi) is 6.54. The third-order valence-corrected chi connectivity index (χ3v) is 6.75. The van der Waals surface area contributed by atoms with Gasteiger partial charge in [-0.05, 0) is 30.5 Å². The van der Waals surface area contributed by atoms with Crippen LogP contribution in [0, 0.1) is 5.92 Å². The van der Waals surface area contributed by atoms with Crippen LogP contribution in [0.5, 0.6) is 0 Å². The van der Waals surface area contributed by atoms with E-state index in [9.17, 15) is 22.8 Å². The first-order valence-corrected chi connectivity index (χ1v) is 11.2. The Morgan fingerprint density at radius 2 is 1.94 bits per heavy atom. The van der Waals surface area contributed by atoms with Crippen LogP contribution in [0.4, 0.5) is 22.0 Å². The zero-order valence-electron chi connectivity index (χ0n) is 17.6. The summed E-state index contributed by atoms with van der Waals surface area (Å²) in [5.74, 6) is -6.46. The van der Waals surface area contributed by atoms with Crippen molar-refractivity contribution in [2.75, 3.05) is 13.1 Å². The van der Waals surface area contributed by atoms with E-state index in [1.165, 1.54) is 23.1 Å². The van der Waals surface area contributed by atoms with Gasteiger partial charge >= 0.3 is 12.1 Å². The Bertz CT molecular complexity index is 1140. The molecular weight excluding hydrogens is 506 g/mol. The summed E-state index contributed by atoms with van der Waals surface area (Å²) < 4.78 is 68.8. The molecule has 0 saturated carbocycles. The fourth-order valence-electron chi connectivity index (χ4n) is 4.30. The fraction of sp³-hybridized carbons (Fsp3) is 0.476. The molecule has 0 bridgehead atoms. The third-order valence-electron chi connectivity index (χ3n) is 6.01. The zero-order valence-corrected chi connectivity index (χ0v) is 19.1. The molecule has 2 aliphatic heterocycles. The van der Waals surface area contributed by atoms with Crippen LogP contribution in [0.15, 0.2) is 18.2 Å². The molecule has 1 aromatic heterocycles. The number of nitrogens with zero attached hydrogens (tertiary/aromatic N) is 3. The third kappa shape index (κ3) is 4.86. The van der Waals surface area contributed by atoms with E-state index in [1.807, 2.05) is 0 Å². The van der Waals surface area contributed by atoms with Gasteiger partial charge in [-0.2, -0.15) is 27.1 Å². The molecule has 34 heavy (non-hydrogen) atoms. The van der Waals surface area contributed by atoms with Gasteiger partial charge in [0.25, 0.3) is 11.8 Å². The molecule has 4 rings (SSSR count). The van der Waals surface area contributed by atoms with E-state index >= 15 is 8.78 Å². The van der Waals surface area contributed by atoms with Crippen LogP contribution in [-0.4, -0.2) is 45.8 Å². The van der Waals surface area contributed by atoms with E-state index in [4.69, 9.17) is 23.2 Å². The minimum atomic E-state index is -5.05. The molecule has 1 N–H and O–H groups in total. The molecule has 2 amide bonds. The van der Waals surface area contributed by atoms with E-state index in [2.05, 4.69) is 5.10 Å². The van der Waals surface area contributed by atoms with Gasteiger partial charge in [-0.15, -0.1) is 0 Å². The lowest BCUT2D eigenvalue weighted by atomic mass is 9.97. The second-order valence-corrected chi connectivity index (χ2v) is 9.19. The molecule has 2 aromatic rings. The summed E-state index contributed by atoms with van der Waals surface area (Å²) in [4.78, 5) is 25.5. The number of nitrogens with one attached hydrogen (secondary N) is 1. The van der Waals surface area contributed by atoms with Crippen molar-refractivity contribution in [1.82, 2.24) is 20.0 Å². The SMILES string of the molecule is O=C(c1ccc(Cl)c(Cl)c1)N1CCc2nn3c(c2C1)C(F)(F)CCC(CNC(=O)C(F)(F)F)C3. The van der Waals surface area contributed by atoms with Gasteiger partial charge < -0.3 is 10.2 Å². The number of benzene rings is 1. The van der Waals surface area contributed by atoms with Crippen molar-refractivity contribution in [3.8, 4) is 0 Å². The first-order chi connectivity index (χ1) is 15.9. The Morgan fingerprint density at radius 3 is 2.62 bits per heavy atom. The monoisotopic (exact) mass is 524 g/mol. The largest absolute Gasteiger partial charge is 0.471 e. The normalized spacial score (nSPS) is 19.7. The number of hydrogen-bond acceptors (Lipinski definition) is 3. The molecule has 6 nitrogen and oxygen atoms in total. The van der Waals surface area contributed by atoms with Crippen LogP contribution < -0.4 is 5.32 Å². The van der Waals surface area contributed by atoms with Crippen molar-refractivity contribution in [2.24, 2.45) is 5.92 Å². The highest BCUT2D eigenvalue weighted by molar-refractivity contribution is 6.42. The molecule has 0 spiro atoms. The van der Waals surface area contributed by atoms with Gasteiger partial charge in [0, 0.05) is 50.1 Å². The van der Waals surface area contributed by atoms with Crippen molar-refractivity contribution in [2.45, 2.75) is 44.5 Å². The lowest BCUT2D eigenvalue weighted by molar-refractivity contribution is -0.173. The van der Waals surface area contributed by atoms with Crippen molar-refractivity contribution in [3.05, 3.63) is 50.8 Å². The van der Waals surface area contributed by atoms with Crippen LogP contribution in [0.3, 0.4) is 0 Å². The van der Waals surface area contributed by atoms with E-state index in [0.29, 0.717) is 5.69 Å². The molecular formula is C21H19Cl2F5N4O2. The van der Waals surface area contributed by atoms with Gasteiger partial charge in [0.15, 0.2) is 0 Å². The van der Waals surface area contributed by atoms with Gasteiger partial charge in [-0.1, -0.05) is 23.2 Å². The maximum atomic E-state index is 15.1. The van der Waals surface area contributed by atoms with Crippen LogP contribution in [-0.2, 0) is 30.2 Å². The molecule has 1 unspecified atom stereocenters. The molecule has 0 saturated heterocycles. The van der Waals surface area contributed by atoms with E-state index in [0.717, 1.165) is 4.68 Å². The number of carbonyl (C=O) groups is 2. The van der Waals surface area contributed by atoms with Gasteiger partial charge in [0.1, 0.15) is 5.69 Å². The molecule has 0 radical (unpaired) electrons. The van der Waals surface area contributed by atoms with E-state index in [-0.39, 0.29) is 59.3 Å². The van der Waals surface area contributed by atoms with Crippen LogP contribution in [0.2, 0.25) is 10.0 Å². The average molecular weight is 525 g/mol. The Morgan fingerprint density at radius 1 is 1.21 bits per heavy atom.